The Balaban J connectivity index is 1.78. The Morgan fingerprint density at radius 3 is 2.56 bits per heavy atom. The molecule has 0 bridgehead atoms. The van der Waals surface area contributed by atoms with E-state index in [1.165, 1.54) is 5.56 Å². The quantitative estimate of drug-likeness (QED) is 0.653. The molecule has 0 saturated heterocycles. The van der Waals surface area contributed by atoms with E-state index >= 15 is 0 Å². The van der Waals surface area contributed by atoms with Crippen LogP contribution in [-0.4, -0.2) is 32.1 Å². The molecule has 0 aliphatic heterocycles. The predicted molar refractivity (Wildman–Crippen MR) is 105 cm³/mol. The number of aryl methyl sites for hydroxylation is 2. The first-order valence-electron chi connectivity index (χ1n) is 8.86. The van der Waals surface area contributed by atoms with Crippen molar-refractivity contribution in [2.45, 2.75) is 26.8 Å². The zero-order valence-corrected chi connectivity index (χ0v) is 16.5. The summed E-state index contributed by atoms with van der Waals surface area (Å²) in [5.74, 6) is 1.32. The molecule has 0 radical (unpaired) electrons. The van der Waals surface area contributed by atoms with Gasteiger partial charge in [-0.25, -0.2) is 0 Å². The Hall–Kier alpha value is -2.95. The van der Waals surface area contributed by atoms with Crippen LogP contribution < -0.4 is 9.47 Å². The minimum atomic E-state index is 0.0146. The van der Waals surface area contributed by atoms with Crippen LogP contribution >= 0.6 is 0 Å². The molecule has 1 amide bonds. The van der Waals surface area contributed by atoms with E-state index in [4.69, 9.17) is 13.9 Å². The first-order valence-corrected chi connectivity index (χ1v) is 8.86. The van der Waals surface area contributed by atoms with E-state index in [1.54, 1.807) is 32.4 Å². The molecule has 0 aliphatic carbocycles. The van der Waals surface area contributed by atoms with E-state index in [9.17, 15) is 4.79 Å². The number of para-hydroxylation sites is 1. The number of ether oxygens (including phenoxy) is 2. The van der Waals surface area contributed by atoms with Gasteiger partial charge in [-0.3, -0.25) is 4.79 Å². The van der Waals surface area contributed by atoms with Crippen LogP contribution in [0.25, 0.3) is 11.0 Å². The van der Waals surface area contributed by atoms with E-state index < -0.39 is 0 Å². The van der Waals surface area contributed by atoms with Crippen molar-refractivity contribution in [2.24, 2.45) is 0 Å². The second-order valence-corrected chi connectivity index (χ2v) is 6.72. The second kappa shape index (κ2) is 7.74. The lowest BCUT2D eigenvalue weighted by molar-refractivity contribution is -0.129. The molecule has 1 heterocycles. The van der Waals surface area contributed by atoms with Gasteiger partial charge in [0.05, 0.1) is 26.9 Å². The SMILES string of the molecule is COc1cccc(CN(C)C(=O)Cc2coc3c(C)c(C)ccc23)c1OC. The number of hydrogen-bond donors (Lipinski definition) is 0. The molecule has 0 aliphatic rings. The molecule has 5 nitrogen and oxygen atoms in total. The van der Waals surface area contributed by atoms with E-state index in [1.807, 2.05) is 31.2 Å². The predicted octanol–water partition coefficient (Wildman–Crippen LogP) is 4.27. The lowest BCUT2D eigenvalue weighted by Gasteiger charge is -2.20. The second-order valence-electron chi connectivity index (χ2n) is 6.72. The largest absolute Gasteiger partial charge is 0.493 e. The molecule has 0 unspecified atom stereocenters. The third-order valence-electron chi connectivity index (χ3n) is 5.00. The molecule has 5 heteroatoms. The van der Waals surface area contributed by atoms with Crippen molar-refractivity contribution in [3.63, 3.8) is 0 Å². The summed E-state index contributed by atoms with van der Waals surface area (Å²) < 4.78 is 16.5. The van der Waals surface area contributed by atoms with E-state index in [0.29, 0.717) is 18.0 Å². The summed E-state index contributed by atoms with van der Waals surface area (Å²) in [4.78, 5) is 14.5. The summed E-state index contributed by atoms with van der Waals surface area (Å²) in [6, 6.07) is 9.75. The first-order chi connectivity index (χ1) is 13.0. The zero-order valence-electron chi connectivity index (χ0n) is 16.5. The van der Waals surface area contributed by atoms with Crippen LogP contribution in [0.1, 0.15) is 22.3 Å². The average Bonchev–Trinajstić information content (AvgIpc) is 3.07. The van der Waals surface area contributed by atoms with Crippen LogP contribution in [0.15, 0.2) is 41.0 Å². The van der Waals surface area contributed by atoms with Crippen molar-refractivity contribution in [1.82, 2.24) is 4.90 Å². The molecule has 0 fully saturated rings. The number of methoxy groups -OCH3 is 2. The normalized spacial score (nSPS) is 10.9. The van der Waals surface area contributed by atoms with E-state index in [0.717, 1.165) is 27.7 Å². The van der Waals surface area contributed by atoms with Crippen LogP contribution in [0.3, 0.4) is 0 Å². The van der Waals surface area contributed by atoms with Crippen LogP contribution in [0, 0.1) is 13.8 Å². The van der Waals surface area contributed by atoms with Crippen molar-refractivity contribution in [2.75, 3.05) is 21.3 Å². The van der Waals surface area contributed by atoms with Gasteiger partial charge in [0, 0.05) is 30.1 Å². The van der Waals surface area contributed by atoms with Gasteiger partial charge in [0.25, 0.3) is 0 Å². The highest BCUT2D eigenvalue weighted by Gasteiger charge is 2.18. The third-order valence-corrected chi connectivity index (χ3v) is 5.00. The van der Waals surface area contributed by atoms with Crippen molar-refractivity contribution >= 4 is 16.9 Å². The summed E-state index contributed by atoms with van der Waals surface area (Å²) in [5, 5.41) is 0.999. The summed E-state index contributed by atoms with van der Waals surface area (Å²) in [6.07, 6.45) is 1.98. The maximum absolute atomic E-state index is 12.8. The third kappa shape index (κ3) is 3.63. The maximum Gasteiger partial charge on any atom is 0.227 e. The minimum Gasteiger partial charge on any atom is -0.493 e. The van der Waals surface area contributed by atoms with Crippen LogP contribution in [0.5, 0.6) is 11.5 Å². The van der Waals surface area contributed by atoms with Gasteiger partial charge in [0.1, 0.15) is 5.58 Å². The van der Waals surface area contributed by atoms with Gasteiger partial charge in [-0.2, -0.15) is 0 Å². The van der Waals surface area contributed by atoms with Gasteiger partial charge in [-0.1, -0.05) is 24.3 Å². The molecule has 0 atom stereocenters. The highest BCUT2D eigenvalue weighted by Crippen LogP contribution is 2.32. The number of rotatable bonds is 6. The van der Waals surface area contributed by atoms with Gasteiger partial charge >= 0.3 is 0 Å². The monoisotopic (exact) mass is 367 g/mol. The molecule has 27 heavy (non-hydrogen) atoms. The van der Waals surface area contributed by atoms with Crippen molar-refractivity contribution < 1.29 is 18.7 Å². The molecule has 1 aromatic heterocycles. The molecule has 0 spiro atoms. The molecule has 0 saturated carbocycles. The Morgan fingerprint density at radius 1 is 1.07 bits per heavy atom. The van der Waals surface area contributed by atoms with E-state index in [-0.39, 0.29) is 12.3 Å². The molecule has 0 N–H and O–H groups in total. The van der Waals surface area contributed by atoms with Gasteiger partial charge in [-0.05, 0) is 31.0 Å². The fourth-order valence-electron chi connectivity index (χ4n) is 3.25. The molecule has 3 rings (SSSR count). The first kappa shape index (κ1) is 18.8. The van der Waals surface area contributed by atoms with Crippen LogP contribution in [0.2, 0.25) is 0 Å². The van der Waals surface area contributed by atoms with Crippen LogP contribution in [-0.2, 0) is 17.8 Å². The Bertz CT molecular complexity index is 974. The van der Waals surface area contributed by atoms with Gasteiger partial charge in [0.15, 0.2) is 11.5 Å². The maximum atomic E-state index is 12.8. The number of amides is 1. The molecule has 3 aromatic rings. The number of carbonyl (C=O) groups excluding carboxylic acids is 1. The minimum absolute atomic E-state index is 0.0146. The van der Waals surface area contributed by atoms with Gasteiger partial charge in [0.2, 0.25) is 5.91 Å². The number of furan rings is 1. The Labute approximate surface area is 159 Å². The van der Waals surface area contributed by atoms with Crippen molar-refractivity contribution in [1.29, 1.82) is 0 Å². The summed E-state index contributed by atoms with van der Waals surface area (Å²) >= 11 is 0. The number of nitrogens with zero attached hydrogens (tertiary/aromatic N) is 1. The smallest absolute Gasteiger partial charge is 0.227 e. The number of likely N-dealkylation sites (N-methyl/N-ethyl adjacent to an activating group) is 1. The zero-order chi connectivity index (χ0) is 19.6. The van der Waals surface area contributed by atoms with Gasteiger partial charge < -0.3 is 18.8 Å². The summed E-state index contributed by atoms with van der Waals surface area (Å²) in [5.41, 5.74) is 4.95. The fourth-order valence-corrected chi connectivity index (χ4v) is 3.25. The summed E-state index contributed by atoms with van der Waals surface area (Å²) in [6.45, 7) is 4.53. The van der Waals surface area contributed by atoms with Crippen molar-refractivity contribution in [3.05, 3.63) is 58.8 Å². The topological polar surface area (TPSA) is 51.9 Å². The van der Waals surface area contributed by atoms with Gasteiger partial charge in [-0.15, -0.1) is 0 Å². The molecular weight excluding hydrogens is 342 g/mol. The highest BCUT2D eigenvalue weighted by molar-refractivity contribution is 5.89. The van der Waals surface area contributed by atoms with Crippen molar-refractivity contribution in [3.8, 4) is 11.5 Å². The summed E-state index contributed by atoms with van der Waals surface area (Å²) in [7, 11) is 4.99. The van der Waals surface area contributed by atoms with Crippen LogP contribution in [0.4, 0.5) is 0 Å². The van der Waals surface area contributed by atoms with E-state index in [2.05, 4.69) is 13.0 Å². The Kier molecular flexibility index (Phi) is 5.40. The lowest BCUT2D eigenvalue weighted by Crippen LogP contribution is -2.27. The number of benzene rings is 2. The standard InChI is InChI=1S/C22H25NO4/c1-14-9-10-18-17(13-27-21(18)15(14)2)11-20(24)23(3)12-16-7-6-8-19(25-4)22(16)26-5/h6-10,13H,11-12H2,1-5H3. The molecule has 142 valence electrons. The number of fused-ring (bicyclic) bond motifs is 1. The Morgan fingerprint density at radius 2 is 1.85 bits per heavy atom. The molecular formula is C22H25NO4. The number of carbonyl (C=O) groups is 1. The molecule has 2 aromatic carbocycles. The highest BCUT2D eigenvalue weighted by atomic mass is 16.5. The number of hydrogen-bond acceptors (Lipinski definition) is 4. The average molecular weight is 367 g/mol. The fraction of sp³-hybridized carbons (Fsp3) is 0.318. The lowest BCUT2D eigenvalue weighted by atomic mass is 10.0.